The zero-order valence-corrected chi connectivity index (χ0v) is 22.4. The van der Waals surface area contributed by atoms with Crippen LogP contribution in [0.5, 0.6) is 17.2 Å². The fourth-order valence-electron chi connectivity index (χ4n) is 4.23. The summed E-state index contributed by atoms with van der Waals surface area (Å²) in [7, 11) is 4.47. The number of fused-ring (bicyclic) bond motifs is 1. The number of rotatable bonds is 9. The molecule has 3 aromatic heterocycles. The van der Waals surface area contributed by atoms with Crippen LogP contribution in [0.1, 0.15) is 21.7 Å². The molecule has 3 heterocycles. The second-order valence-electron chi connectivity index (χ2n) is 8.64. The summed E-state index contributed by atoms with van der Waals surface area (Å²) in [6.45, 7) is 0.298. The number of thiazole rings is 1. The first-order valence-electron chi connectivity index (χ1n) is 12.0. The first-order valence-corrected chi connectivity index (χ1v) is 12.9. The van der Waals surface area contributed by atoms with Crippen LogP contribution in [-0.2, 0) is 12.6 Å². The number of benzene rings is 2. The number of nitrogens with one attached hydrogen (secondary N) is 2. The monoisotopic (exact) mass is 571 g/mol. The molecule has 9 nitrogen and oxygen atoms in total. The predicted molar refractivity (Wildman–Crippen MR) is 144 cm³/mol. The molecule has 5 rings (SSSR count). The highest BCUT2D eigenvalue weighted by Gasteiger charge is 2.37. The van der Waals surface area contributed by atoms with Crippen molar-refractivity contribution in [3.63, 3.8) is 0 Å². The lowest BCUT2D eigenvalue weighted by Gasteiger charge is -2.08. The molecule has 0 aliphatic heterocycles. The number of hydrogen-bond donors (Lipinski definition) is 2. The van der Waals surface area contributed by atoms with Crippen molar-refractivity contribution in [2.75, 3.05) is 27.9 Å². The molecule has 0 unspecified atom stereocenters. The lowest BCUT2D eigenvalue weighted by molar-refractivity contribution is -0.142. The van der Waals surface area contributed by atoms with Gasteiger partial charge in [-0.1, -0.05) is 0 Å². The zero-order valence-electron chi connectivity index (χ0n) is 21.6. The van der Waals surface area contributed by atoms with E-state index in [0.29, 0.717) is 34.7 Å². The molecule has 0 atom stereocenters. The molecule has 2 aromatic carbocycles. The molecule has 0 saturated heterocycles. The first-order chi connectivity index (χ1) is 19.2. The van der Waals surface area contributed by atoms with Crippen LogP contribution in [-0.4, -0.2) is 53.5 Å². The van der Waals surface area contributed by atoms with Crippen molar-refractivity contribution in [1.29, 1.82) is 0 Å². The number of hydrogen-bond acceptors (Lipinski definition) is 7. The number of aromatic amines is 1. The summed E-state index contributed by atoms with van der Waals surface area (Å²) in [4.78, 5) is 20.1. The van der Waals surface area contributed by atoms with Crippen LogP contribution in [0.4, 0.5) is 13.2 Å². The van der Waals surface area contributed by atoms with Crippen LogP contribution in [0.2, 0.25) is 0 Å². The molecular formula is C27H24F3N5O4S. The molecular weight excluding hydrogens is 547 g/mol. The Morgan fingerprint density at radius 3 is 2.52 bits per heavy atom. The van der Waals surface area contributed by atoms with Crippen LogP contribution in [0.15, 0.2) is 54.0 Å². The highest BCUT2D eigenvalue weighted by molar-refractivity contribution is 7.12. The molecule has 40 heavy (non-hydrogen) atoms. The van der Waals surface area contributed by atoms with Gasteiger partial charge in [-0.3, -0.25) is 4.79 Å². The van der Waals surface area contributed by atoms with E-state index in [1.54, 1.807) is 25.3 Å². The average molecular weight is 572 g/mol. The lowest BCUT2D eigenvalue weighted by Crippen LogP contribution is -2.26. The number of alkyl halides is 3. The Labute approximate surface area is 230 Å². The third kappa shape index (κ3) is 5.32. The van der Waals surface area contributed by atoms with Gasteiger partial charge in [0.15, 0.2) is 5.69 Å². The summed E-state index contributed by atoms with van der Waals surface area (Å²) in [6.07, 6.45) is -2.33. The predicted octanol–water partition coefficient (Wildman–Crippen LogP) is 5.49. The smallest absolute Gasteiger partial charge is 0.433 e. The number of amides is 1. The lowest BCUT2D eigenvalue weighted by atomic mass is 10.1. The Bertz CT molecular complexity index is 1670. The highest BCUT2D eigenvalue weighted by atomic mass is 32.1. The molecule has 0 saturated carbocycles. The Balaban J connectivity index is 1.35. The van der Waals surface area contributed by atoms with Crippen molar-refractivity contribution < 1.29 is 32.2 Å². The molecule has 13 heteroatoms. The van der Waals surface area contributed by atoms with E-state index in [1.165, 1.54) is 19.6 Å². The Hall–Kier alpha value is -4.52. The molecule has 208 valence electrons. The molecule has 0 bridgehead atoms. The number of ether oxygens (including phenoxy) is 3. The maximum Gasteiger partial charge on any atom is 0.433 e. The largest absolute Gasteiger partial charge is 0.497 e. The van der Waals surface area contributed by atoms with Gasteiger partial charge in [-0.05, 0) is 48.4 Å². The Morgan fingerprint density at radius 2 is 1.80 bits per heavy atom. The van der Waals surface area contributed by atoms with Crippen LogP contribution < -0.4 is 19.5 Å². The van der Waals surface area contributed by atoms with Gasteiger partial charge in [0.25, 0.3) is 5.91 Å². The van der Waals surface area contributed by atoms with Gasteiger partial charge in [0.05, 0.1) is 27.0 Å². The third-order valence-corrected chi connectivity index (χ3v) is 7.06. The van der Waals surface area contributed by atoms with Gasteiger partial charge in [-0.25, -0.2) is 9.67 Å². The van der Waals surface area contributed by atoms with E-state index in [2.05, 4.69) is 20.4 Å². The highest BCUT2D eigenvalue weighted by Crippen LogP contribution is 2.38. The van der Waals surface area contributed by atoms with Gasteiger partial charge in [-0.2, -0.15) is 18.3 Å². The number of H-pyrrole nitrogens is 1. The maximum absolute atomic E-state index is 14.0. The van der Waals surface area contributed by atoms with Gasteiger partial charge in [0.2, 0.25) is 5.13 Å². The molecule has 0 fully saturated rings. The molecule has 1 amide bonds. The fourth-order valence-corrected chi connectivity index (χ4v) is 5.00. The number of carbonyl (C=O) groups excluding carboxylic acids is 1. The van der Waals surface area contributed by atoms with E-state index in [9.17, 15) is 18.0 Å². The van der Waals surface area contributed by atoms with Crippen molar-refractivity contribution in [1.82, 2.24) is 25.1 Å². The number of halogens is 3. The van der Waals surface area contributed by atoms with E-state index in [-0.39, 0.29) is 16.5 Å². The third-order valence-electron chi connectivity index (χ3n) is 6.24. The van der Waals surface area contributed by atoms with Crippen molar-refractivity contribution in [3.8, 4) is 33.6 Å². The second kappa shape index (κ2) is 10.9. The molecule has 5 aromatic rings. The van der Waals surface area contributed by atoms with E-state index >= 15 is 0 Å². The number of carbonyl (C=O) groups is 1. The quantitative estimate of drug-likeness (QED) is 0.242. The number of nitrogens with zero attached hydrogens (tertiary/aromatic N) is 3. The summed E-state index contributed by atoms with van der Waals surface area (Å²) in [5, 5.41) is 9.23. The van der Waals surface area contributed by atoms with Crippen molar-refractivity contribution in [2.24, 2.45) is 0 Å². The Morgan fingerprint density at radius 1 is 1.05 bits per heavy atom. The fraction of sp³-hybridized carbons (Fsp3) is 0.222. The summed E-state index contributed by atoms with van der Waals surface area (Å²) in [5.74, 6) is 0.997. The van der Waals surface area contributed by atoms with E-state index in [1.807, 2.05) is 24.4 Å². The van der Waals surface area contributed by atoms with Gasteiger partial charge in [0, 0.05) is 40.7 Å². The van der Waals surface area contributed by atoms with Gasteiger partial charge in [-0.15, -0.1) is 11.3 Å². The van der Waals surface area contributed by atoms with Crippen molar-refractivity contribution in [2.45, 2.75) is 12.6 Å². The average Bonchev–Trinajstić information content (AvgIpc) is 3.70. The SMILES string of the molecule is COc1ccc(-c2cc(C(F)(F)F)n(-c3nc(C(=O)NCCc4c[nH]c5ccc(OC)cc45)cs3)n2)c(OC)c1. The minimum atomic E-state index is -4.72. The van der Waals surface area contributed by atoms with Gasteiger partial charge >= 0.3 is 6.18 Å². The van der Waals surface area contributed by atoms with Crippen molar-refractivity contribution >= 4 is 28.1 Å². The summed E-state index contributed by atoms with van der Waals surface area (Å²) < 4.78 is 58.4. The van der Waals surface area contributed by atoms with Gasteiger partial charge < -0.3 is 24.5 Å². The zero-order chi connectivity index (χ0) is 28.4. The van der Waals surface area contributed by atoms with Crippen molar-refractivity contribution in [3.05, 3.63) is 71.0 Å². The topological polar surface area (TPSA) is 103 Å². The van der Waals surface area contributed by atoms with E-state index < -0.39 is 17.8 Å². The minimum absolute atomic E-state index is 0.00667. The molecule has 0 aliphatic rings. The Kier molecular flexibility index (Phi) is 7.39. The van der Waals surface area contributed by atoms with E-state index in [0.717, 1.165) is 39.6 Å². The first kappa shape index (κ1) is 27.1. The van der Waals surface area contributed by atoms with Crippen LogP contribution in [0.25, 0.3) is 27.3 Å². The standard InChI is InChI=1S/C27H24F3N5O4S/c1-37-16-5-7-20-19(10-16)15(13-32-20)8-9-31-25(36)22-14-40-26(33-22)35-24(27(28,29)30)12-21(34-35)18-6-4-17(38-2)11-23(18)39-3/h4-7,10-14,32H,8-9H2,1-3H3,(H,31,36). The summed E-state index contributed by atoms with van der Waals surface area (Å²) in [5.41, 5.74) is 1.27. The van der Waals surface area contributed by atoms with Crippen LogP contribution >= 0.6 is 11.3 Å². The molecule has 0 spiro atoms. The summed E-state index contributed by atoms with van der Waals surface area (Å²) >= 11 is 0.881. The van der Waals surface area contributed by atoms with E-state index in [4.69, 9.17) is 14.2 Å². The normalized spacial score (nSPS) is 11.6. The maximum atomic E-state index is 14.0. The molecule has 2 N–H and O–H groups in total. The minimum Gasteiger partial charge on any atom is -0.497 e. The summed E-state index contributed by atoms with van der Waals surface area (Å²) in [6, 6.07) is 11.3. The van der Waals surface area contributed by atoms with Crippen LogP contribution in [0.3, 0.4) is 0 Å². The van der Waals surface area contributed by atoms with Gasteiger partial charge in [0.1, 0.15) is 22.9 Å². The van der Waals surface area contributed by atoms with Crippen LogP contribution in [0, 0.1) is 0 Å². The molecule has 0 radical (unpaired) electrons. The number of methoxy groups -OCH3 is 3. The number of aromatic nitrogens is 4. The second-order valence-corrected chi connectivity index (χ2v) is 9.47. The molecule has 0 aliphatic carbocycles.